The first kappa shape index (κ1) is 15.6. The van der Waals surface area contributed by atoms with Gasteiger partial charge in [0.1, 0.15) is 11.6 Å². The maximum Gasteiger partial charge on any atom is 0.195 e. The van der Waals surface area contributed by atoms with E-state index in [1.54, 1.807) is 30.3 Å². The van der Waals surface area contributed by atoms with E-state index in [-0.39, 0.29) is 22.7 Å². The summed E-state index contributed by atoms with van der Waals surface area (Å²) in [5.41, 5.74) is 0.773. The van der Waals surface area contributed by atoms with E-state index in [0.717, 1.165) is 6.07 Å². The molecule has 0 aliphatic heterocycles. The molecule has 0 radical (unpaired) electrons. The molecule has 4 heteroatoms. The first-order valence-electron chi connectivity index (χ1n) is 7.29. The van der Waals surface area contributed by atoms with Crippen molar-refractivity contribution in [2.24, 2.45) is 0 Å². The molecule has 0 unspecified atom stereocenters. The Morgan fingerprint density at radius 2 is 1.29 bits per heavy atom. The minimum absolute atomic E-state index is 0.0431. The number of phenols is 1. The Kier molecular flexibility index (Phi) is 4.20. The third kappa shape index (κ3) is 3.08. The zero-order chi connectivity index (χ0) is 17.1. The fourth-order valence-electron chi connectivity index (χ4n) is 2.36. The van der Waals surface area contributed by atoms with Gasteiger partial charge in [-0.25, -0.2) is 4.39 Å². The molecular formula is C20H13FO3. The lowest BCUT2D eigenvalue weighted by Gasteiger charge is -2.06. The largest absolute Gasteiger partial charge is 0.508 e. The van der Waals surface area contributed by atoms with Crippen molar-refractivity contribution >= 4 is 11.6 Å². The van der Waals surface area contributed by atoms with Gasteiger partial charge in [-0.3, -0.25) is 9.59 Å². The van der Waals surface area contributed by atoms with Gasteiger partial charge in [0.05, 0.1) is 5.56 Å². The van der Waals surface area contributed by atoms with Crippen molar-refractivity contribution in [3.05, 3.63) is 101 Å². The molecule has 0 fully saturated rings. The Bertz CT molecular complexity index is 900. The highest BCUT2D eigenvalue weighted by molar-refractivity contribution is 6.11. The highest BCUT2D eigenvalue weighted by atomic mass is 19.1. The van der Waals surface area contributed by atoms with Gasteiger partial charge in [0.2, 0.25) is 0 Å². The van der Waals surface area contributed by atoms with Gasteiger partial charge >= 0.3 is 0 Å². The maximum atomic E-state index is 14.3. The number of aromatic hydroxyl groups is 1. The zero-order valence-electron chi connectivity index (χ0n) is 12.6. The van der Waals surface area contributed by atoms with Gasteiger partial charge in [0.15, 0.2) is 11.6 Å². The normalized spacial score (nSPS) is 10.4. The van der Waals surface area contributed by atoms with Gasteiger partial charge in [0.25, 0.3) is 0 Å². The third-order valence-corrected chi connectivity index (χ3v) is 3.64. The van der Waals surface area contributed by atoms with Crippen LogP contribution in [0.5, 0.6) is 5.75 Å². The summed E-state index contributed by atoms with van der Waals surface area (Å²) in [6.45, 7) is 0. The van der Waals surface area contributed by atoms with Crippen molar-refractivity contribution < 1.29 is 19.1 Å². The van der Waals surface area contributed by atoms with Gasteiger partial charge in [-0.2, -0.15) is 0 Å². The van der Waals surface area contributed by atoms with E-state index in [0.29, 0.717) is 11.1 Å². The minimum Gasteiger partial charge on any atom is -0.508 e. The Hall–Kier alpha value is -3.27. The lowest BCUT2D eigenvalue weighted by Crippen LogP contribution is -2.07. The predicted octanol–water partition coefficient (Wildman–Crippen LogP) is 3.99. The van der Waals surface area contributed by atoms with E-state index < -0.39 is 11.6 Å². The van der Waals surface area contributed by atoms with Crippen LogP contribution in [0.4, 0.5) is 4.39 Å². The molecule has 1 N–H and O–H groups in total. The van der Waals surface area contributed by atoms with Crippen molar-refractivity contribution in [1.82, 2.24) is 0 Å². The first-order valence-corrected chi connectivity index (χ1v) is 7.29. The number of hydrogen-bond donors (Lipinski definition) is 1. The fraction of sp³-hybridized carbons (Fsp3) is 0. The number of carbonyl (C=O) groups excluding carboxylic acids is 2. The average Bonchev–Trinajstić information content (AvgIpc) is 2.62. The number of phenolic OH excluding ortho intramolecular Hbond substituents is 1. The minimum atomic E-state index is -0.742. The van der Waals surface area contributed by atoms with Crippen molar-refractivity contribution in [2.75, 3.05) is 0 Å². The summed E-state index contributed by atoms with van der Waals surface area (Å²) in [6.07, 6.45) is 0. The molecule has 0 spiro atoms. The molecule has 0 amide bonds. The van der Waals surface area contributed by atoms with Gasteiger partial charge < -0.3 is 5.11 Å². The molecule has 3 nitrogen and oxygen atoms in total. The summed E-state index contributed by atoms with van der Waals surface area (Å²) in [5.74, 6) is -1.51. The molecule has 0 aromatic heterocycles. The number of benzene rings is 3. The molecule has 3 aromatic carbocycles. The van der Waals surface area contributed by atoms with Gasteiger partial charge in [-0.05, 0) is 36.4 Å². The summed E-state index contributed by atoms with van der Waals surface area (Å²) in [4.78, 5) is 24.6. The van der Waals surface area contributed by atoms with E-state index in [1.807, 2.05) is 0 Å². The molecule has 0 saturated carbocycles. The Labute approximate surface area is 138 Å². The van der Waals surface area contributed by atoms with Crippen molar-refractivity contribution in [3.63, 3.8) is 0 Å². The van der Waals surface area contributed by atoms with Crippen LogP contribution in [0.1, 0.15) is 31.8 Å². The zero-order valence-corrected chi connectivity index (χ0v) is 12.6. The lowest BCUT2D eigenvalue weighted by atomic mass is 9.98. The Balaban J connectivity index is 1.91. The van der Waals surface area contributed by atoms with Crippen LogP contribution in [-0.2, 0) is 0 Å². The number of hydrogen-bond acceptors (Lipinski definition) is 3. The van der Waals surface area contributed by atoms with Gasteiger partial charge in [-0.1, -0.05) is 36.4 Å². The van der Waals surface area contributed by atoms with Crippen LogP contribution in [-0.4, -0.2) is 16.7 Å². The van der Waals surface area contributed by atoms with Crippen LogP contribution in [0, 0.1) is 5.82 Å². The summed E-state index contributed by atoms with van der Waals surface area (Å²) in [5, 5.41) is 9.25. The van der Waals surface area contributed by atoms with Crippen LogP contribution >= 0.6 is 0 Å². The summed E-state index contributed by atoms with van der Waals surface area (Å²) >= 11 is 0. The molecule has 0 aliphatic rings. The molecule has 0 heterocycles. The first-order chi connectivity index (χ1) is 11.6. The Morgan fingerprint density at radius 1 is 0.708 bits per heavy atom. The van der Waals surface area contributed by atoms with Crippen molar-refractivity contribution in [2.45, 2.75) is 0 Å². The number of halogens is 1. The second-order valence-electron chi connectivity index (χ2n) is 5.27. The smallest absolute Gasteiger partial charge is 0.195 e. The highest BCUT2D eigenvalue weighted by Crippen LogP contribution is 2.19. The SMILES string of the molecule is O=C(c1ccc(O)cc1)c1ccc(C(=O)c2ccccc2)c(F)c1. The molecule has 0 aliphatic carbocycles. The molecular weight excluding hydrogens is 307 g/mol. The summed E-state index contributed by atoms with van der Waals surface area (Å²) in [6, 6.07) is 17.9. The van der Waals surface area contributed by atoms with Crippen LogP contribution in [0.3, 0.4) is 0 Å². The summed E-state index contributed by atoms with van der Waals surface area (Å²) in [7, 11) is 0. The van der Waals surface area contributed by atoms with E-state index in [9.17, 15) is 19.1 Å². The second-order valence-corrected chi connectivity index (χ2v) is 5.27. The van der Waals surface area contributed by atoms with Gasteiger partial charge in [-0.15, -0.1) is 0 Å². The maximum absolute atomic E-state index is 14.3. The third-order valence-electron chi connectivity index (χ3n) is 3.64. The number of carbonyl (C=O) groups is 2. The molecule has 3 aromatic rings. The van der Waals surface area contributed by atoms with E-state index >= 15 is 0 Å². The fourth-order valence-corrected chi connectivity index (χ4v) is 2.36. The molecule has 3 rings (SSSR count). The van der Waals surface area contributed by atoms with Crippen LogP contribution < -0.4 is 0 Å². The number of ketones is 2. The van der Waals surface area contributed by atoms with Crippen LogP contribution in [0.25, 0.3) is 0 Å². The molecule has 0 saturated heterocycles. The monoisotopic (exact) mass is 320 g/mol. The van der Waals surface area contributed by atoms with E-state index in [2.05, 4.69) is 0 Å². The van der Waals surface area contributed by atoms with Gasteiger partial charge in [0, 0.05) is 16.7 Å². The molecule has 118 valence electrons. The average molecular weight is 320 g/mol. The Morgan fingerprint density at radius 3 is 1.92 bits per heavy atom. The highest BCUT2D eigenvalue weighted by Gasteiger charge is 2.17. The molecule has 24 heavy (non-hydrogen) atoms. The standard InChI is InChI=1S/C20H13FO3/c21-18-12-15(19(23)14-6-9-16(22)10-7-14)8-11-17(18)20(24)13-4-2-1-3-5-13/h1-12,22H. The lowest BCUT2D eigenvalue weighted by molar-refractivity contribution is 0.102. The second kappa shape index (κ2) is 6.46. The number of rotatable bonds is 4. The molecule has 0 atom stereocenters. The van der Waals surface area contributed by atoms with E-state index in [1.165, 1.54) is 36.4 Å². The van der Waals surface area contributed by atoms with Crippen LogP contribution in [0.15, 0.2) is 72.8 Å². The molecule has 0 bridgehead atoms. The topological polar surface area (TPSA) is 54.4 Å². The predicted molar refractivity (Wildman–Crippen MR) is 87.8 cm³/mol. The summed E-state index contributed by atoms with van der Waals surface area (Å²) < 4.78 is 14.3. The van der Waals surface area contributed by atoms with E-state index in [4.69, 9.17) is 0 Å². The quantitative estimate of drug-likeness (QED) is 0.739. The van der Waals surface area contributed by atoms with Crippen molar-refractivity contribution in [1.29, 1.82) is 0 Å². The van der Waals surface area contributed by atoms with Crippen LogP contribution in [0.2, 0.25) is 0 Å². The van der Waals surface area contributed by atoms with Crippen molar-refractivity contribution in [3.8, 4) is 5.75 Å².